The molecule has 1 N–H and O–H groups in total. The molecule has 1 amide bonds. The number of hydrogen-bond acceptors (Lipinski definition) is 1. The molecular weight excluding hydrogens is 296 g/mol. The lowest BCUT2D eigenvalue weighted by atomic mass is 9.83. The second kappa shape index (κ2) is 5.82. The summed E-state index contributed by atoms with van der Waals surface area (Å²) in [5.41, 5.74) is -0.266. The van der Waals surface area contributed by atoms with Crippen LogP contribution in [0.25, 0.3) is 0 Å². The SMILES string of the molecule is CC(C)(C(=O)Nc1ccc(F)cc1F)c1cccc(Cl)c1. The Morgan fingerprint density at radius 3 is 2.48 bits per heavy atom. The van der Waals surface area contributed by atoms with Crippen molar-refractivity contribution in [2.24, 2.45) is 0 Å². The van der Waals surface area contributed by atoms with E-state index in [1.807, 2.05) is 0 Å². The third-order valence-electron chi connectivity index (χ3n) is 3.29. The van der Waals surface area contributed by atoms with Gasteiger partial charge in [0.1, 0.15) is 11.6 Å². The van der Waals surface area contributed by atoms with Crippen molar-refractivity contribution >= 4 is 23.2 Å². The average Bonchev–Trinajstić information content (AvgIpc) is 2.41. The molecule has 2 rings (SSSR count). The number of amides is 1. The van der Waals surface area contributed by atoms with Gasteiger partial charge < -0.3 is 5.32 Å². The fraction of sp³-hybridized carbons (Fsp3) is 0.188. The third-order valence-corrected chi connectivity index (χ3v) is 3.53. The zero-order valence-corrected chi connectivity index (χ0v) is 12.3. The molecule has 0 atom stereocenters. The van der Waals surface area contributed by atoms with Crippen LogP contribution >= 0.6 is 11.6 Å². The quantitative estimate of drug-likeness (QED) is 0.886. The van der Waals surface area contributed by atoms with Crippen LogP contribution in [0.5, 0.6) is 0 Å². The molecule has 21 heavy (non-hydrogen) atoms. The minimum atomic E-state index is -0.911. The van der Waals surface area contributed by atoms with Gasteiger partial charge in [0.25, 0.3) is 0 Å². The van der Waals surface area contributed by atoms with Gasteiger partial charge in [0.05, 0.1) is 11.1 Å². The van der Waals surface area contributed by atoms with Gasteiger partial charge in [-0.05, 0) is 43.7 Å². The van der Waals surface area contributed by atoms with Crippen molar-refractivity contribution in [3.05, 3.63) is 64.7 Å². The van der Waals surface area contributed by atoms with Crippen molar-refractivity contribution in [2.75, 3.05) is 5.32 Å². The minimum Gasteiger partial charge on any atom is -0.323 e. The van der Waals surface area contributed by atoms with Crippen LogP contribution in [0, 0.1) is 11.6 Å². The van der Waals surface area contributed by atoms with E-state index in [1.54, 1.807) is 38.1 Å². The van der Waals surface area contributed by atoms with Crippen LogP contribution in [0.2, 0.25) is 5.02 Å². The first-order valence-corrected chi connectivity index (χ1v) is 6.71. The second-order valence-corrected chi connectivity index (χ2v) is 5.65. The molecule has 5 heteroatoms. The van der Waals surface area contributed by atoms with E-state index in [0.29, 0.717) is 10.6 Å². The van der Waals surface area contributed by atoms with Gasteiger partial charge in [-0.25, -0.2) is 8.78 Å². The van der Waals surface area contributed by atoms with E-state index >= 15 is 0 Å². The highest BCUT2D eigenvalue weighted by Crippen LogP contribution is 2.27. The molecule has 2 nitrogen and oxygen atoms in total. The molecule has 0 spiro atoms. The molecule has 0 aromatic heterocycles. The summed E-state index contributed by atoms with van der Waals surface area (Å²) in [6.45, 7) is 3.41. The van der Waals surface area contributed by atoms with Crippen LogP contribution in [0.15, 0.2) is 42.5 Å². The Hall–Kier alpha value is -1.94. The van der Waals surface area contributed by atoms with E-state index in [-0.39, 0.29) is 5.69 Å². The van der Waals surface area contributed by atoms with E-state index in [4.69, 9.17) is 11.6 Å². The standard InChI is InChI=1S/C16H14ClF2NO/c1-16(2,10-4-3-5-11(17)8-10)15(21)20-14-7-6-12(18)9-13(14)19/h3-9H,1-2H3,(H,20,21). The molecule has 0 bridgehead atoms. The van der Waals surface area contributed by atoms with Crippen molar-refractivity contribution in [2.45, 2.75) is 19.3 Å². The lowest BCUT2D eigenvalue weighted by Gasteiger charge is -2.24. The predicted octanol–water partition coefficient (Wildman–Crippen LogP) is 4.53. The van der Waals surface area contributed by atoms with Gasteiger partial charge in [-0.1, -0.05) is 23.7 Å². The topological polar surface area (TPSA) is 29.1 Å². The molecule has 0 radical (unpaired) electrons. The van der Waals surface area contributed by atoms with Crippen molar-refractivity contribution in [3.8, 4) is 0 Å². The summed E-state index contributed by atoms with van der Waals surface area (Å²) in [6.07, 6.45) is 0. The summed E-state index contributed by atoms with van der Waals surface area (Å²) in [4.78, 5) is 12.4. The van der Waals surface area contributed by atoms with Gasteiger partial charge in [0.15, 0.2) is 0 Å². The molecule has 0 saturated heterocycles. The highest BCUT2D eigenvalue weighted by atomic mass is 35.5. The number of halogens is 3. The summed E-state index contributed by atoms with van der Waals surface area (Å²) in [5, 5.41) is 2.99. The molecule has 0 aliphatic heterocycles. The van der Waals surface area contributed by atoms with E-state index in [9.17, 15) is 13.6 Å². The molecule has 110 valence electrons. The molecule has 0 unspecified atom stereocenters. The fourth-order valence-corrected chi connectivity index (χ4v) is 2.07. The normalized spacial score (nSPS) is 11.3. The molecule has 0 saturated carbocycles. The number of benzene rings is 2. The Balaban J connectivity index is 2.26. The molecular formula is C16H14ClF2NO. The molecule has 2 aromatic rings. The maximum atomic E-state index is 13.6. The lowest BCUT2D eigenvalue weighted by molar-refractivity contribution is -0.120. The van der Waals surface area contributed by atoms with E-state index < -0.39 is 23.0 Å². The van der Waals surface area contributed by atoms with E-state index in [1.165, 1.54) is 6.07 Å². The molecule has 0 heterocycles. The van der Waals surface area contributed by atoms with Gasteiger partial charge in [0.2, 0.25) is 5.91 Å². The largest absolute Gasteiger partial charge is 0.323 e. The van der Waals surface area contributed by atoms with Gasteiger partial charge in [-0.2, -0.15) is 0 Å². The number of rotatable bonds is 3. The minimum absolute atomic E-state index is 0.0588. The predicted molar refractivity (Wildman–Crippen MR) is 79.5 cm³/mol. The van der Waals surface area contributed by atoms with Crippen molar-refractivity contribution in [1.29, 1.82) is 0 Å². The average molecular weight is 310 g/mol. The lowest BCUT2D eigenvalue weighted by Crippen LogP contribution is -2.35. The molecule has 0 fully saturated rings. The van der Waals surface area contributed by atoms with E-state index in [0.717, 1.165) is 12.1 Å². The monoisotopic (exact) mass is 309 g/mol. The first-order valence-electron chi connectivity index (χ1n) is 6.33. The number of carbonyl (C=O) groups excluding carboxylic acids is 1. The number of anilines is 1. The van der Waals surface area contributed by atoms with Crippen molar-refractivity contribution < 1.29 is 13.6 Å². The Labute approximate surface area is 126 Å². The Kier molecular flexibility index (Phi) is 4.28. The molecule has 0 aliphatic carbocycles. The van der Waals surface area contributed by atoms with Crippen LogP contribution in [-0.2, 0) is 10.2 Å². The van der Waals surface area contributed by atoms with Crippen LogP contribution in [-0.4, -0.2) is 5.91 Å². The summed E-state index contributed by atoms with van der Waals surface area (Å²) in [5.74, 6) is -1.92. The zero-order chi connectivity index (χ0) is 15.6. The summed E-state index contributed by atoms with van der Waals surface area (Å²) < 4.78 is 26.5. The maximum Gasteiger partial charge on any atom is 0.234 e. The summed E-state index contributed by atoms with van der Waals surface area (Å²) >= 11 is 5.93. The van der Waals surface area contributed by atoms with Crippen LogP contribution in [0.3, 0.4) is 0 Å². The van der Waals surface area contributed by atoms with E-state index in [2.05, 4.69) is 5.32 Å². The highest BCUT2D eigenvalue weighted by molar-refractivity contribution is 6.30. The Morgan fingerprint density at radius 1 is 1.14 bits per heavy atom. The highest BCUT2D eigenvalue weighted by Gasteiger charge is 2.30. The molecule has 0 aliphatic rings. The zero-order valence-electron chi connectivity index (χ0n) is 11.6. The smallest absolute Gasteiger partial charge is 0.234 e. The van der Waals surface area contributed by atoms with Gasteiger partial charge in [0, 0.05) is 11.1 Å². The Morgan fingerprint density at radius 2 is 1.86 bits per heavy atom. The number of nitrogens with one attached hydrogen (secondary N) is 1. The van der Waals surface area contributed by atoms with Crippen molar-refractivity contribution in [1.82, 2.24) is 0 Å². The van der Waals surface area contributed by atoms with Crippen LogP contribution in [0.4, 0.5) is 14.5 Å². The first-order chi connectivity index (χ1) is 9.80. The second-order valence-electron chi connectivity index (χ2n) is 5.21. The van der Waals surface area contributed by atoms with Crippen LogP contribution < -0.4 is 5.32 Å². The summed E-state index contributed by atoms with van der Waals surface area (Å²) in [7, 11) is 0. The van der Waals surface area contributed by atoms with Gasteiger partial charge in [-0.3, -0.25) is 4.79 Å². The molecule has 2 aromatic carbocycles. The number of hydrogen-bond donors (Lipinski definition) is 1. The van der Waals surface area contributed by atoms with Crippen LogP contribution in [0.1, 0.15) is 19.4 Å². The maximum absolute atomic E-state index is 13.6. The van der Waals surface area contributed by atoms with Gasteiger partial charge in [-0.15, -0.1) is 0 Å². The first kappa shape index (κ1) is 15.4. The number of carbonyl (C=O) groups is 1. The van der Waals surface area contributed by atoms with Crippen molar-refractivity contribution in [3.63, 3.8) is 0 Å². The third kappa shape index (κ3) is 3.39. The fourth-order valence-electron chi connectivity index (χ4n) is 1.88. The van der Waals surface area contributed by atoms with Gasteiger partial charge >= 0.3 is 0 Å². The summed E-state index contributed by atoms with van der Waals surface area (Å²) in [6, 6.07) is 9.90. The Bertz CT molecular complexity index is 686.